The normalized spacial score (nSPS) is 12.6. The Kier molecular flexibility index (Phi) is 4.52. The second kappa shape index (κ2) is 6.62. The lowest BCUT2D eigenvalue weighted by atomic mass is 10.0. The van der Waals surface area contributed by atoms with Crippen molar-refractivity contribution in [3.05, 3.63) is 59.2 Å². The van der Waals surface area contributed by atoms with Gasteiger partial charge in [-0.3, -0.25) is 0 Å². The third kappa shape index (κ3) is 3.38. The van der Waals surface area contributed by atoms with Gasteiger partial charge in [0.1, 0.15) is 17.5 Å². The third-order valence-electron chi connectivity index (χ3n) is 3.77. The van der Waals surface area contributed by atoms with Crippen LogP contribution in [0.25, 0.3) is 10.9 Å². The number of pyridine rings is 1. The Morgan fingerprint density at radius 2 is 1.80 bits per heavy atom. The van der Waals surface area contributed by atoms with Crippen molar-refractivity contribution in [2.45, 2.75) is 26.3 Å². The van der Waals surface area contributed by atoms with Crippen molar-refractivity contribution in [1.29, 1.82) is 0 Å². The average Bonchev–Trinajstić information content (AvgIpc) is 2.55. The van der Waals surface area contributed by atoms with E-state index >= 15 is 0 Å². The molecule has 0 aliphatic rings. The van der Waals surface area contributed by atoms with Crippen molar-refractivity contribution in [3.63, 3.8) is 0 Å². The number of nitrogens with one attached hydrogen (secondary N) is 1. The van der Waals surface area contributed by atoms with Gasteiger partial charge in [0, 0.05) is 17.0 Å². The van der Waals surface area contributed by atoms with Gasteiger partial charge in [-0.2, -0.15) is 4.39 Å². The fourth-order valence-corrected chi connectivity index (χ4v) is 2.59. The van der Waals surface area contributed by atoms with Crippen LogP contribution in [0.3, 0.4) is 0 Å². The Bertz CT molecular complexity index is 930. The summed E-state index contributed by atoms with van der Waals surface area (Å²) in [7, 11) is 0. The van der Waals surface area contributed by atoms with E-state index in [4.69, 9.17) is 0 Å². The first-order valence-electron chi connectivity index (χ1n) is 7.49. The summed E-state index contributed by atoms with van der Waals surface area (Å²) >= 11 is 0. The fourth-order valence-electron chi connectivity index (χ4n) is 2.59. The molecule has 1 atom stereocenters. The molecular weight excluding hydrogens is 336 g/mol. The molecule has 0 unspecified atom stereocenters. The Morgan fingerprint density at radius 1 is 1.08 bits per heavy atom. The van der Waals surface area contributed by atoms with E-state index in [-0.39, 0.29) is 11.4 Å². The topological polar surface area (TPSA) is 50.7 Å². The van der Waals surface area contributed by atoms with E-state index in [2.05, 4.69) is 20.3 Å². The van der Waals surface area contributed by atoms with Gasteiger partial charge in [0.25, 0.3) is 6.43 Å². The monoisotopic (exact) mass is 350 g/mol. The second-order valence-corrected chi connectivity index (χ2v) is 5.56. The van der Waals surface area contributed by atoms with Gasteiger partial charge in [0.15, 0.2) is 0 Å². The van der Waals surface area contributed by atoms with Crippen molar-refractivity contribution >= 4 is 16.7 Å². The molecule has 8 heteroatoms. The number of hydrogen-bond donors (Lipinski definition) is 1. The molecular formula is C17H14F4N4. The number of aryl methyl sites for hydroxylation is 1. The largest absolute Gasteiger partial charge is 0.363 e. The summed E-state index contributed by atoms with van der Waals surface area (Å²) in [4.78, 5) is 11.9. The maximum atomic E-state index is 14.3. The Labute approximate surface area is 141 Å². The summed E-state index contributed by atoms with van der Waals surface area (Å²) in [6.07, 6.45) is -1.64. The first-order valence-corrected chi connectivity index (χ1v) is 7.49. The molecule has 1 aromatic carbocycles. The molecule has 0 bridgehead atoms. The molecule has 1 N–H and O–H groups in total. The van der Waals surface area contributed by atoms with Gasteiger partial charge in [-0.25, -0.2) is 28.1 Å². The van der Waals surface area contributed by atoms with Crippen molar-refractivity contribution in [3.8, 4) is 0 Å². The highest BCUT2D eigenvalue weighted by Gasteiger charge is 2.20. The second-order valence-electron chi connectivity index (χ2n) is 5.56. The molecule has 2 aromatic heterocycles. The van der Waals surface area contributed by atoms with E-state index in [9.17, 15) is 17.6 Å². The van der Waals surface area contributed by atoms with Crippen LogP contribution < -0.4 is 5.32 Å². The molecule has 0 radical (unpaired) electrons. The van der Waals surface area contributed by atoms with Gasteiger partial charge in [0.2, 0.25) is 5.95 Å². The van der Waals surface area contributed by atoms with Crippen molar-refractivity contribution in [2.24, 2.45) is 0 Å². The molecule has 130 valence electrons. The standard InChI is InChI=1S/C17H14F4N4/c1-8(10-4-3-5-11(15(10)19)16(20)21)23-17-12-6-14(18)22-7-13(12)24-9(2)25-17/h3-8,16H,1-2H3,(H,23,24,25)/t8-/m1/s1. The number of alkyl halides is 2. The van der Waals surface area contributed by atoms with Crippen LogP contribution in [0.4, 0.5) is 23.4 Å². The first kappa shape index (κ1) is 17.1. The van der Waals surface area contributed by atoms with Gasteiger partial charge in [-0.15, -0.1) is 0 Å². The number of anilines is 1. The van der Waals surface area contributed by atoms with Crippen molar-refractivity contribution < 1.29 is 17.6 Å². The Hall–Kier alpha value is -2.77. The molecule has 25 heavy (non-hydrogen) atoms. The molecule has 0 saturated heterocycles. The summed E-state index contributed by atoms with van der Waals surface area (Å²) in [6.45, 7) is 3.26. The summed E-state index contributed by atoms with van der Waals surface area (Å²) in [5.74, 6) is -0.988. The molecule has 0 spiro atoms. The number of halogens is 4. The van der Waals surface area contributed by atoms with Crippen LogP contribution in [-0.2, 0) is 0 Å². The summed E-state index contributed by atoms with van der Waals surface area (Å²) in [6, 6.07) is 4.31. The number of aromatic nitrogens is 3. The lowest BCUT2D eigenvalue weighted by molar-refractivity contribution is 0.146. The third-order valence-corrected chi connectivity index (χ3v) is 3.77. The van der Waals surface area contributed by atoms with Crippen LogP contribution in [-0.4, -0.2) is 15.0 Å². The molecule has 0 aliphatic heterocycles. The number of fused-ring (bicyclic) bond motifs is 1. The quantitative estimate of drug-likeness (QED) is 0.546. The minimum absolute atomic E-state index is 0.0664. The van der Waals surface area contributed by atoms with Crippen LogP contribution in [0.15, 0.2) is 30.5 Å². The predicted molar refractivity (Wildman–Crippen MR) is 85.4 cm³/mol. The molecule has 0 fully saturated rings. The minimum atomic E-state index is -2.91. The highest BCUT2D eigenvalue weighted by atomic mass is 19.3. The van der Waals surface area contributed by atoms with Crippen LogP contribution in [0.5, 0.6) is 0 Å². The van der Waals surface area contributed by atoms with Crippen LogP contribution >= 0.6 is 0 Å². The molecule has 0 aliphatic carbocycles. The van der Waals surface area contributed by atoms with Gasteiger partial charge < -0.3 is 5.32 Å². The van der Waals surface area contributed by atoms with Gasteiger partial charge >= 0.3 is 0 Å². The van der Waals surface area contributed by atoms with Crippen LogP contribution in [0.2, 0.25) is 0 Å². The lowest BCUT2D eigenvalue weighted by Gasteiger charge is -2.18. The highest BCUT2D eigenvalue weighted by Crippen LogP contribution is 2.30. The lowest BCUT2D eigenvalue weighted by Crippen LogP contribution is -2.12. The smallest absolute Gasteiger partial charge is 0.266 e. The maximum absolute atomic E-state index is 14.3. The molecule has 2 heterocycles. The van der Waals surface area contributed by atoms with E-state index in [0.717, 1.165) is 12.1 Å². The van der Waals surface area contributed by atoms with E-state index in [1.807, 2.05) is 0 Å². The average molecular weight is 350 g/mol. The predicted octanol–water partition coefficient (Wildman–Crippen LogP) is 4.72. The van der Waals surface area contributed by atoms with E-state index < -0.39 is 29.8 Å². The van der Waals surface area contributed by atoms with Crippen LogP contribution in [0.1, 0.15) is 36.3 Å². The van der Waals surface area contributed by atoms with Gasteiger partial charge in [-0.1, -0.05) is 18.2 Å². The fraction of sp³-hybridized carbons (Fsp3) is 0.235. The van der Waals surface area contributed by atoms with Gasteiger partial charge in [0.05, 0.1) is 23.3 Å². The highest BCUT2D eigenvalue weighted by molar-refractivity contribution is 5.88. The van der Waals surface area contributed by atoms with E-state index in [1.54, 1.807) is 13.8 Å². The van der Waals surface area contributed by atoms with E-state index in [1.165, 1.54) is 18.3 Å². The maximum Gasteiger partial charge on any atom is 0.266 e. The molecule has 0 amide bonds. The summed E-state index contributed by atoms with van der Waals surface area (Å²) in [5, 5.41) is 3.32. The minimum Gasteiger partial charge on any atom is -0.363 e. The first-order chi connectivity index (χ1) is 11.9. The number of hydrogen-bond acceptors (Lipinski definition) is 4. The zero-order chi connectivity index (χ0) is 18.1. The van der Waals surface area contributed by atoms with Gasteiger partial charge in [-0.05, 0) is 13.8 Å². The summed E-state index contributed by atoms with van der Waals surface area (Å²) < 4.78 is 53.5. The van der Waals surface area contributed by atoms with Crippen molar-refractivity contribution in [2.75, 3.05) is 5.32 Å². The number of rotatable bonds is 4. The number of benzene rings is 1. The molecule has 0 saturated carbocycles. The van der Waals surface area contributed by atoms with Crippen molar-refractivity contribution in [1.82, 2.24) is 15.0 Å². The zero-order valence-corrected chi connectivity index (χ0v) is 13.4. The number of nitrogens with zero attached hydrogens (tertiary/aromatic N) is 3. The van der Waals surface area contributed by atoms with E-state index in [0.29, 0.717) is 16.7 Å². The Morgan fingerprint density at radius 3 is 2.52 bits per heavy atom. The summed E-state index contributed by atoms with van der Waals surface area (Å²) in [5.41, 5.74) is -0.174. The zero-order valence-electron chi connectivity index (χ0n) is 13.4. The SMILES string of the molecule is Cc1nc(N[C@H](C)c2cccc(C(F)F)c2F)c2cc(F)ncc2n1. The molecule has 3 rings (SSSR count). The molecule has 3 aromatic rings. The van der Waals surface area contributed by atoms with Crippen LogP contribution in [0, 0.1) is 18.7 Å². The Balaban J connectivity index is 2.02. The molecule has 4 nitrogen and oxygen atoms in total.